The van der Waals surface area contributed by atoms with Gasteiger partial charge in [0, 0.05) is 35.5 Å². The number of thioether (sulfide) groups is 1. The van der Waals surface area contributed by atoms with E-state index in [1.165, 1.54) is 0 Å². The van der Waals surface area contributed by atoms with Crippen molar-refractivity contribution in [2.45, 2.75) is 68.4 Å². The highest BCUT2D eigenvalue weighted by Gasteiger charge is 2.55. The summed E-state index contributed by atoms with van der Waals surface area (Å²) < 4.78 is 47.4. The third-order valence-corrected chi connectivity index (χ3v) is 9.19. The summed E-state index contributed by atoms with van der Waals surface area (Å²) in [5.41, 5.74) is 2.05. The van der Waals surface area contributed by atoms with Crippen LogP contribution in [0.4, 0.5) is 13.2 Å². The second kappa shape index (κ2) is 10.2. The molecule has 1 aliphatic carbocycles. The van der Waals surface area contributed by atoms with Gasteiger partial charge in [-0.25, -0.2) is 4.99 Å². The summed E-state index contributed by atoms with van der Waals surface area (Å²) >= 11 is 1.67. The van der Waals surface area contributed by atoms with Crippen molar-refractivity contribution in [1.82, 2.24) is 25.1 Å². The minimum atomic E-state index is -4.56. The van der Waals surface area contributed by atoms with Crippen molar-refractivity contribution in [2.75, 3.05) is 12.3 Å². The Bertz CT molecular complexity index is 1450. The summed E-state index contributed by atoms with van der Waals surface area (Å²) in [4.78, 5) is 8.79. The van der Waals surface area contributed by atoms with Gasteiger partial charge in [0.1, 0.15) is 11.3 Å². The van der Waals surface area contributed by atoms with Crippen LogP contribution < -0.4 is 5.32 Å². The third kappa shape index (κ3) is 4.95. The van der Waals surface area contributed by atoms with E-state index in [1.54, 1.807) is 17.8 Å². The van der Waals surface area contributed by atoms with Crippen LogP contribution in [-0.2, 0) is 11.8 Å². The molecule has 1 aromatic carbocycles. The van der Waals surface area contributed by atoms with Crippen LogP contribution in [0.1, 0.15) is 44.2 Å². The Morgan fingerprint density at radius 2 is 2.08 bits per heavy atom. The van der Waals surface area contributed by atoms with Gasteiger partial charge >= 0.3 is 6.18 Å². The van der Waals surface area contributed by atoms with Gasteiger partial charge in [0.05, 0.1) is 5.52 Å². The van der Waals surface area contributed by atoms with E-state index in [4.69, 9.17) is 4.74 Å². The largest absolute Gasteiger partial charge is 0.468 e. The number of aryl methyl sites for hydroxylation is 1. The van der Waals surface area contributed by atoms with Crippen molar-refractivity contribution in [1.29, 1.82) is 0 Å². The van der Waals surface area contributed by atoms with Crippen LogP contribution in [0.3, 0.4) is 0 Å². The van der Waals surface area contributed by atoms with Crippen LogP contribution in [0.2, 0.25) is 0 Å². The van der Waals surface area contributed by atoms with Gasteiger partial charge in [-0.15, -0.1) is 10.2 Å². The molecule has 7 nitrogen and oxygen atoms in total. The summed E-state index contributed by atoms with van der Waals surface area (Å²) in [6.45, 7) is 2.60. The van der Waals surface area contributed by atoms with Crippen molar-refractivity contribution in [3.05, 3.63) is 47.9 Å². The van der Waals surface area contributed by atoms with E-state index in [-0.39, 0.29) is 12.0 Å². The molecule has 206 valence electrons. The fourth-order valence-electron chi connectivity index (χ4n) is 6.17. The van der Waals surface area contributed by atoms with E-state index in [9.17, 15) is 13.2 Å². The zero-order valence-corrected chi connectivity index (χ0v) is 22.8. The quantitative estimate of drug-likeness (QED) is 0.297. The molecule has 3 aliphatic rings. The number of nitrogens with one attached hydrogen (secondary N) is 1. The molecule has 0 bridgehead atoms. The van der Waals surface area contributed by atoms with Gasteiger partial charge in [-0.2, -0.15) is 13.2 Å². The highest BCUT2D eigenvalue weighted by molar-refractivity contribution is 7.99. The minimum Gasteiger partial charge on any atom is -0.438 e. The molecule has 11 heteroatoms. The van der Waals surface area contributed by atoms with E-state index in [2.05, 4.69) is 31.6 Å². The number of ether oxygens (including phenoxy) is 1. The first-order chi connectivity index (χ1) is 18.7. The van der Waals surface area contributed by atoms with E-state index in [0.29, 0.717) is 18.7 Å². The molecule has 6 rings (SSSR count). The number of fused-ring (bicyclic) bond motifs is 1. The van der Waals surface area contributed by atoms with Crippen LogP contribution >= 0.6 is 11.8 Å². The predicted octanol–water partition coefficient (Wildman–Crippen LogP) is 5.99. The van der Waals surface area contributed by atoms with E-state index in [1.807, 2.05) is 42.8 Å². The zero-order valence-electron chi connectivity index (χ0n) is 22.0. The Morgan fingerprint density at radius 1 is 1.21 bits per heavy atom. The number of pyridine rings is 1. The molecule has 3 atom stereocenters. The smallest absolute Gasteiger partial charge is 0.438 e. The topological polar surface area (TPSA) is 77.2 Å². The molecule has 4 heterocycles. The fraction of sp³-hybridized carbons (Fsp3) is 0.500. The summed E-state index contributed by atoms with van der Waals surface area (Å²) in [5, 5.41) is 14.4. The SMILES string of the molecule is Cc1ccc2c(-c3nnc(SCCCC4CC5CCC=C6OC(C(F)(F)F)=NC65CCN4)n3C)cccc2n1. The Hall–Kier alpha value is -2.92. The van der Waals surface area contributed by atoms with E-state index < -0.39 is 17.6 Å². The zero-order chi connectivity index (χ0) is 27.2. The number of hydrogen-bond acceptors (Lipinski definition) is 7. The molecule has 0 radical (unpaired) electrons. The Kier molecular flexibility index (Phi) is 6.91. The van der Waals surface area contributed by atoms with Crippen LogP contribution in [-0.4, -0.2) is 55.7 Å². The number of rotatable bonds is 6. The second-order valence-corrected chi connectivity index (χ2v) is 11.7. The average molecular weight is 557 g/mol. The average Bonchev–Trinajstić information content (AvgIpc) is 3.41. The highest BCUT2D eigenvalue weighted by atomic mass is 32.2. The minimum absolute atomic E-state index is 0.0466. The molecule has 1 fully saturated rings. The number of hydrogen-bond donors (Lipinski definition) is 1. The first kappa shape index (κ1) is 26.3. The lowest BCUT2D eigenvalue weighted by molar-refractivity contribution is -0.0731. The molecule has 0 amide bonds. The van der Waals surface area contributed by atoms with E-state index >= 15 is 0 Å². The Balaban J connectivity index is 1.08. The molecule has 1 spiro atoms. The van der Waals surface area contributed by atoms with Crippen molar-refractivity contribution < 1.29 is 17.9 Å². The lowest BCUT2D eigenvalue weighted by atomic mass is 9.72. The molecule has 1 N–H and O–H groups in total. The molecule has 2 aromatic heterocycles. The van der Waals surface area contributed by atoms with Gasteiger partial charge in [-0.05, 0) is 76.1 Å². The number of aliphatic imine (C=N–C) groups is 1. The maximum Gasteiger partial charge on any atom is 0.468 e. The van der Waals surface area contributed by atoms with Crippen molar-refractivity contribution in [3.8, 4) is 11.4 Å². The van der Waals surface area contributed by atoms with Gasteiger partial charge in [-0.3, -0.25) is 4.98 Å². The summed E-state index contributed by atoms with van der Waals surface area (Å²) in [6.07, 6.45) is 2.03. The van der Waals surface area contributed by atoms with Gasteiger partial charge in [0.15, 0.2) is 11.0 Å². The lowest BCUT2D eigenvalue weighted by Gasteiger charge is -2.36. The van der Waals surface area contributed by atoms with Gasteiger partial charge in [0.25, 0.3) is 5.90 Å². The maximum absolute atomic E-state index is 13.4. The van der Waals surface area contributed by atoms with Crippen LogP contribution in [0.5, 0.6) is 0 Å². The standard InChI is InChI=1S/C28H31F3N6OS/c1-17-11-12-20-21(8-4-9-22(20)33-17)24-35-36-26(37(24)2)39-15-5-7-19-16-18-6-3-10-23-27(18,13-14-32-19)34-25(38-23)28(29,30)31/h4,8-12,18-19,32H,3,5-7,13-16H2,1-2H3. The predicted molar refractivity (Wildman–Crippen MR) is 146 cm³/mol. The first-order valence-electron chi connectivity index (χ1n) is 13.4. The molecule has 1 saturated heterocycles. The fourth-order valence-corrected chi connectivity index (χ4v) is 7.04. The van der Waals surface area contributed by atoms with Gasteiger partial charge in [0.2, 0.25) is 0 Å². The van der Waals surface area contributed by atoms with Crippen LogP contribution in [0, 0.1) is 12.8 Å². The lowest BCUT2D eigenvalue weighted by Crippen LogP contribution is -2.39. The number of allylic oxidation sites excluding steroid dienone is 1. The number of halogens is 3. The highest BCUT2D eigenvalue weighted by Crippen LogP contribution is 2.49. The normalized spacial score (nSPS) is 24.9. The molecule has 39 heavy (non-hydrogen) atoms. The third-order valence-electron chi connectivity index (χ3n) is 8.08. The second-order valence-electron chi connectivity index (χ2n) is 10.6. The summed E-state index contributed by atoms with van der Waals surface area (Å²) in [7, 11) is 1.98. The summed E-state index contributed by atoms with van der Waals surface area (Å²) in [5.74, 6) is 1.04. The number of aromatic nitrogens is 4. The molecular formula is C28H31F3N6OS. The number of benzene rings is 1. The Morgan fingerprint density at radius 3 is 2.92 bits per heavy atom. The first-order valence-corrected chi connectivity index (χ1v) is 14.4. The molecule has 0 saturated carbocycles. The van der Waals surface area contributed by atoms with Crippen molar-refractivity contribution in [3.63, 3.8) is 0 Å². The molecule has 2 aliphatic heterocycles. The van der Waals surface area contributed by atoms with Crippen molar-refractivity contribution >= 4 is 28.6 Å². The molecule has 3 aromatic rings. The molecular weight excluding hydrogens is 525 g/mol. The van der Waals surface area contributed by atoms with Crippen LogP contribution in [0.25, 0.3) is 22.3 Å². The van der Waals surface area contributed by atoms with Crippen LogP contribution in [0.15, 0.2) is 52.3 Å². The molecule has 3 unspecified atom stereocenters. The van der Waals surface area contributed by atoms with Gasteiger partial charge in [-0.1, -0.05) is 30.0 Å². The monoisotopic (exact) mass is 556 g/mol. The number of alkyl halides is 3. The van der Waals surface area contributed by atoms with Crippen molar-refractivity contribution in [2.24, 2.45) is 18.0 Å². The Labute approximate surface area is 229 Å². The van der Waals surface area contributed by atoms with Gasteiger partial charge < -0.3 is 14.6 Å². The maximum atomic E-state index is 13.4. The summed E-state index contributed by atoms with van der Waals surface area (Å²) in [6, 6.07) is 10.4. The number of nitrogens with zero attached hydrogens (tertiary/aromatic N) is 5. The van der Waals surface area contributed by atoms with E-state index in [0.717, 1.165) is 71.0 Å².